The van der Waals surface area contributed by atoms with Gasteiger partial charge in [-0.15, -0.1) is 0 Å². The molecule has 5 nitrogen and oxygen atoms in total. The van der Waals surface area contributed by atoms with Crippen LogP contribution in [0.3, 0.4) is 0 Å². The molecule has 0 aliphatic rings. The smallest absolute Gasteiger partial charge is 0.324 e. The number of aromatic hydroxyl groups is 1. The lowest BCUT2D eigenvalue weighted by Gasteiger charge is -2.20. The van der Waals surface area contributed by atoms with Crippen LogP contribution in [-0.4, -0.2) is 16.2 Å². The first-order chi connectivity index (χ1) is 10.2. The molecule has 0 unspecified atom stereocenters. The number of hydrogen-bond acceptors (Lipinski definition) is 5. The van der Waals surface area contributed by atoms with Gasteiger partial charge in [0.15, 0.2) is 5.75 Å². The largest absolute Gasteiger partial charge is 0.504 e. The molecule has 0 fully saturated rings. The standard InChI is InChI=1S/C15H15ClN2O3S/c1-15(2,3)9-6-11(16)14(19)12(7-9)17-8-10-4-5-13(22-10)18(20)21/h4-8,19H,1-3H3. The van der Waals surface area contributed by atoms with Crippen molar-refractivity contribution in [2.24, 2.45) is 4.99 Å². The van der Waals surface area contributed by atoms with Gasteiger partial charge < -0.3 is 5.11 Å². The van der Waals surface area contributed by atoms with Gasteiger partial charge in [-0.1, -0.05) is 43.7 Å². The summed E-state index contributed by atoms with van der Waals surface area (Å²) in [5, 5.41) is 20.9. The van der Waals surface area contributed by atoms with E-state index >= 15 is 0 Å². The van der Waals surface area contributed by atoms with Crippen LogP contribution >= 0.6 is 22.9 Å². The van der Waals surface area contributed by atoms with E-state index in [0.717, 1.165) is 16.9 Å². The quantitative estimate of drug-likeness (QED) is 0.482. The maximum atomic E-state index is 10.7. The van der Waals surface area contributed by atoms with Crippen molar-refractivity contribution in [3.63, 3.8) is 0 Å². The van der Waals surface area contributed by atoms with E-state index in [9.17, 15) is 15.2 Å². The average molecular weight is 339 g/mol. The van der Waals surface area contributed by atoms with Crippen molar-refractivity contribution in [3.05, 3.63) is 49.8 Å². The molecule has 0 aliphatic heterocycles. The molecule has 22 heavy (non-hydrogen) atoms. The maximum absolute atomic E-state index is 10.7. The summed E-state index contributed by atoms with van der Waals surface area (Å²) in [6.07, 6.45) is 1.48. The Morgan fingerprint density at radius 2 is 2.05 bits per heavy atom. The summed E-state index contributed by atoms with van der Waals surface area (Å²) < 4.78 is 0. The highest BCUT2D eigenvalue weighted by atomic mass is 35.5. The van der Waals surface area contributed by atoms with Gasteiger partial charge in [-0.3, -0.25) is 15.1 Å². The molecule has 1 N–H and O–H groups in total. The number of thiophene rings is 1. The molecule has 0 aliphatic carbocycles. The van der Waals surface area contributed by atoms with Crippen LogP contribution in [0.2, 0.25) is 5.02 Å². The lowest BCUT2D eigenvalue weighted by atomic mass is 9.87. The number of hydrogen-bond donors (Lipinski definition) is 1. The second kappa shape index (κ2) is 6.06. The molecule has 0 amide bonds. The second-order valence-electron chi connectivity index (χ2n) is 5.77. The normalized spacial score (nSPS) is 12.0. The van der Waals surface area contributed by atoms with E-state index in [4.69, 9.17) is 11.6 Å². The molecule has 0 atom stereocenters. The molecule has 0 radical (unpaired) electrons. The molecule has 0 spiro atoms. The lowest BCUT2D eigenvalue weighted by Crippen LogP contribution is -2.10. The summed E-state index contributed by atoms with van der Waals surface area (Å²) in [6, 6.07) is 6.51. The summed E-state index contributed by atoms with van der Waals surface area (Å²) in [5.74, 6) is -0.100. The third-order valence-electron chi connectivity index (χ3n) is 3.03. The number of nitrogens with zero attached hydrogens (tertiary/aromatic N) is 2. The van der Waals surface area contributed by atoms with Crippen molar-refractivity contribution in [2.75, 3.05) is 0 Å². The third kappa shape index (κ3) is 3.64. The lowest BCUT2D eigenvalue weighted by molar-refractivity contribution is -0.380. The molecule has 0 bridgehead atoms. The number of benzene rings is 1. The Kier molecular flexibility index (Phi) is 4.53. The molecular formula is C15H15ClN2O3S. The Bertz CT molecular complexity index is 748. The molecule has 116 valence electrons. The van der Waals surface area contributed by atoms with E-state index in [1.165, 1.54) is 12.3 Å². The predicted molar refractivity (Wildman–Crippen MR) is 90.0 cm³/mol. The van der Waals surface area contributed by atoms with Crippen molar-refractivity contribution in [1.82, 2.24) is 0 Å². The summed E-state index contributed by atoms with van der Waals surface area (Å²) in [5.41, 5.74) is 1.15. The van der Waals surface area contributed by atoms with Crippen molar-refractivity contribution in [2.45, 2.75) is 26.2 Å². The first-order valence-corrected chi connectivity index (χ1v) is 7.69. The fourth-order valence-electron chi connectivity index (χ4n) is 1.76. The van der Waals surface area contributed by atoms with Gasteiger partial charge in [0.05, 0.1) is 14.8 Å². The highest BCUT2D eigenvalue weighted by molar-refractivity contribution is 7.16. The highest BCUT2D eigenvalue weighted by Crippen LogP contribution is 2.39. The van der Waals surface area contributed by atoms with Gasteiger partial charge in [0.2, 0.25) is 0 Å². The monoisotopic (exact) mass is 338 g/mol. The Balaban J connectivity index is 2.37. The van der Waals surface area contributed by atoms with Crippen LogP contribution in [0.5, 0.6) is 5.75 Å². The maximum Gasteiger partial charge on any atom is 0.324 e. The van der Waals surface area contributed by atoms with Crippen LogP contribution in [0.15, 0.2) is 29.3 Å². The fraction of sp³-hybridized carbons (Fsp3) is 0.267. The zero-order valence-electron chi connectivity index (χ0n) is 12.3. The summed E-state index contributed by atoms with van der Waals surface area (Å²) in [4.78, 5) is 15.0. The zero-order chi connectivity index (χ0) is 16.5. The molecule has 1 aromatic carbocycles. The number of phenolic OH excluding ortho intramolecular Hbond substituents is 1. The predicted octanol–water partition coefficient (Wildman–Crippen LogP) is 5.06. The molecule has 0 saturated carbocycles. The van der Waals surface area contributed by atoms with Crippen molar-refractivity contribution in [1.29, 1.82) is 0 Å². The molecule has 2 rings (SSSR count). The Hall–Kier alpha value is -1.92. The summed E-state index contributed by atoms with van der Waals surface area (Å²) in [7, 11) is 0. The van der Waals surface area contributed by atoms with Gasteiger partial charge in [0.1, 0.15) is 5.69 Å². The van der Waals surface area contributed by atoms with Gasteiger partial charge in [-0.05, 0) is 29.2 Å². The minimum absolute atomic E-state index is 0.0483. The van der Waals surface area contributed by atoms with Gasteiger partial charge in [0.25, 0.3) is 0 Å². The number of aliphatic imine (C=N–C) groups is 1. The van der Waals surface area contributed by atoms with Gasteiger partial charge >= 0.3 is 5.00 Å². The van der Waals surface area contributed by atoms with E-state index in [0.29, 0.717) is 10.6 Å². The second-order valence-corrected chi connectivity index (χ2v) is 7.27. The van der Waals surface area contributed by atoms with Crippen molar-refractivity contribution >= 4 is 39.8 Å². The van der Waals surface area contributed by atoms with Crippen LogP contribution in [0.4, 0.5) is 10.7 Å². The van der Waals surface area contributed by atoms with Crippen LogP contribution in [0, 0.1) is 10.1 Å². The Labute approximate surface area is 137 Å². The van der Waals surface area contributed by atoms with Gasteiger partial charge in [-0.25, -0.2) is 0 Å². The number of phenols is 1. The molecule has 2 aromatic rings. The highest BCUT2D eigenvalue weighted by Gasteiger charge is 2.18. The number of nitro groups is 1. The van der Waals surface area contributed by atoms with E-state index in [2.05, 4.69) is 4.99 Å². The van der Waals surface area contributed by atoms with E-state index in [1.807, 2.05) is 20.8 Å². The first-order valence-electron chi connectivity index (χ1n) is 6.50. The van der Waals surface area contributed by atoms with Crippen LogP contribution < -0.4 is 0 Å². The average Bonchev–Trinajstić information content (AvgIpc) is 2.88. The summed E-state index contributed by atoms with van der Waals surface area (Å²) in [6.45, 7) is 6.10. The van der Waals surface area contributed by atoms with Crippen LogP contribution in [-0.2, 0) is 5.41 Å². The van der Waals surface area contributed by atoms with E-state index < -0.39 is 4.92 Å². The van der Waals surface area contributed by atoms with Crippen LogP contribution in [0.25, 0.3) is 0 Å². The van der Waals surface area contributed by atoms with Crippen molar-refractivity contribution in [3.8, 4) is 5.75 Å². The Morgan fingerprint density at radius 1 is 1.36 bits per heavy atom. The zero-order valence-corrected chi connectivity index (χ0v) is 13.9. The Morgan fingerprint density at radius 3 is 2.59 bits per heavy atom. The third-order valence-corrected chi connectivity index (χ3v) is 4.29. The topological polar surface area (TPSA) is 75.7 Å². The first kappa shape index (κ1) is 16.5. The van der Waals surface area contributed by atoms with Crippen LogP contribution in [0.1, 0.15) is 31.2 Å². The van der Waals surface area contributed by atoms with Gasteiger partial charge in [-0.2, -0.15) is 0 Å². The van der Waals surface area contributed by atoms with E-state index in [1.54, 1.807) is 18.2 Å². The molecular weight excluding hydrogens is 324 g/mol. The molecule has 0 saturated heterocycles. The SMILES string of the molecule is CC(C)(C)c1cc(Cl)c(O)c(N=Cc2ccc([N+](=O)[O-])s2)c1. The molecule has 1 heterocycles. The van der Waals surface area contributed by atoms with E-state index in [-0.39, 0.29) is 21.2 Å². The molecule has 7 heteroatoms. The van der Waals surface area contributed by atoms with Gasteiger partial charge in [0, 0.05) is 12.3 Å². The minimum Gasteiger partial charge on any atom is -0.504 e. The van der Waals surface area contributed by atoms with Crippen molar-refractivity contribution < 1.29 is 10.0 Å². The molecule has 1 aromatic heterocycles. The minimum atomic E-state index is -0.448. The fourth-order valence-corrected chi connectivity index (χ4v) is 2.67. The summed E-state index contributed by atoms with van der Waals surface area (Å²) >= 11 is 7.06. The number of halogens is 1. The number of rotatable bonds is 3.